The summed E-state index contributed by atoms with van der Waals surface area (Å²) in [5.41, 5.74) is 3.60. The molecular formula is C17H22N4. The third kappa shape index (κ3) is 2.71. The summed E-state index contributed by atoms with van der Waals surface area (Å²) in [6, 6.07) is 10.9. The van der Waals surface area contributed by atoms with Gasteiger partial charge in [0.1, 0.15) is 5.82 Å². The van der Waals surface area contributed by atoms with Gasteiger partial charge in [0.05, 0.1) is 0 Å². The van der Waals surface area contributed by atoms with Gasteiger partial charge in [-0.2, -0.15) is 4.98 Å². The first-order valence-electron chi connectivity index (χ1n) is 7.65. The Morgan fingerprint density at radius 2 is 2.10 bits per heavy atom. The summed E-state index contributed by atoms with van der Waals surface area (Å²) in [5.74, 6) is 1.71. The van der Waals surface area contributed by atoms with Gasteiger partial charge in [-0.3, -0.25) is 0 Å². The molecule has 1 unspecified atom stereocenters. The van der Waals surface area contributed by atoms with Gasteiger partial charge in [0, 0.05) is 30.0 Å². The summed E-state index contributed by atoms with van der Waals surface area (Å²) in [6.45, 7) is 7.34. The molecule has 0 radical (unpaired) electrons. The van der Waals surface area contributed by atoms with Gasteiger partial charge in [-0.1, -0.05) is 25.1 Å². The molecule has 3 rings (SSSR count). The van der Waals surface area contributed by atoms with Crippen LogP contribution < -0.4 is 10.2 Å². The van der Waals surface area contributed by atoms with E-state index in [1.165, 1.54) is 11.3 Å². The zero-order valence-corrected chi connectivity index (χ0v) is 12.9. The van der Waals surface area contributed by atoms with Crippen molar-refractivity contribution in [3.05, 3.63) is 41.6 Å². The van der Waals surface area contributed by atoms with Gasteiger partial charge in [0.25, 0.3) is 0 Å². The third-order valence-corrected chi connectivity index (χ3v) is 3.82. The Hall–Kier alpha value is -2.10. The summed E-state index contributed by atoms with van der Waals surface area (Å²) in [5, 5.41) is 3.36. The van der Waals surface area contributed by atoms with E-state index in [1.807, 2.05) is 13.0 Å². The zero-order chi connectivity index (χ0) is 14.8. The van der Waals surface area contributed by atoms with E-state index >= 15 is 0 Å². The molecule has 4 heteroatoms. The fourth-order valence-electron chi connectivity index (χ4n) is 2.87. The molecule has 0 amide bonds. The van der Waals surface area contributed by atoms with Gasteiger partial charge in [-0.15, -0.1) is 0 Å². The lowest BCUT2D eigenvalue weighted by Crippen LogP contribution is -2.26. The highest BCUT2D eigenvalue weighted by Gasteiger charge is 2.28. The monoisotopic (exact) mass is 282 g/mol. The van der Waals surface area contributed by atoms with Gasteiger partial charge in [-0.25, -0.2) is 4.98 Å². The van der Waals surface area contributed by atoms with Crippen LogP contribution in [0.3, 0.4) is 0 Å². The predicted octanol–water partition coefficient (Wildman–Crippen LogP) is 3.69. The van der Waals surface area contributed by atoms with Crippen LogP contribution in [-0.4, -0.2) is 22.6 Å². The highest BCUT2D eigenvalue weighted by Crippen LogP contribution is 2.36. The fraction of sp³-hybridized carbons (Fsp3) is 0.412. The molecule has 110 valence electrons. The minimum absolute atomic E-state index is 0.392. The first kappa shape index (κ1) is 13.9. The first-order valence-corrected chi connectivity index (χ1v) is 7.65. The van der Waals surface area contributed by atoms with Crippen molar-refractivity contribution in [3.63, 3.8) is 0 Å². The number of hydrogen-bond acceptors (Lipinski definition) is 4. The van der Waals surface area contributed by atoms with Crippen LogP contribution in [0.5, 0.6) is 0 Å². The van der Waals surface area contributed by atoms with Crippen LogP contribution in [0.15, 0.2) is 30.3 Å². The van der Waals surface area contributed by atoms with Crippen LogP contribution >= 0.6 is 0 Å². The number of benzene rings is 1. The van der Waals surface area contributed by atoms with Crippen molar-refractivity contribution in [1.82, 2.24) is 9.97 Å². The molecule has 1 aromatic carbocycles. The predicted molar refractivity (Wildman–Crippen MR) is 87.3 cm³/mol. The van der Waals surface area contributed by atoms with Crippen molar-refractivity contribution < 1.29 is 0 Å². The Labute approximate surface area is 126 Å². The molecule has 21 heavy (non-hydrogen) atoms. The van der Waals surface area contributed by atoms with Crippen LogP contribution in [0.1, 0.15) is 31.5 Å². The molecular weight excluding hydrogens is 260 g/mol. The largest absolute Gasteiger partial charge is 0.370 e. The van der Waals surface area contributed by atoms with Crippen LogP contribution in [0.25, 0.3) is 0 Å². The maximum atomic E-state index is 4.71. The molecule has 2 aromatic rings. The Morgan fingerprint density at radius 3 is 2.90 bits per heavy atom. The minimum atomic E-state index is 0.392. The minimum Gasteiger partial charge on any atom is -0.370 e. The number of rotatable bonds is 4. The zero-order valence-electron chi connectivity index (χ0n) is 12.9. The maximum Gasteiger partial charge on any atom is 0.232 e. The van der Waals surface area contributed by atoms with Crippen molar-refractivity contribution in [2.45, 2.75) is 39.7 Å². The average molecular weight is 282 g/mol. The van der Waals surface area contributed by atoms with E-state index in [1.54, 1.807) is 0 Å². The summed E-state index contributed by atoms with van der Waals surface area (Å²) in [4.78, 5) is 11.6. The number of nitrogens with zero attached hydrogens (tertiary/aromatic N) is 3. The number of anilines is 3. The molecule has 4 nitrogen and oxygen atoms in total. The molecule has 1 aromatic heterocycles. The van der Waals surface area contributed by atoms with Gasteiger partial charge in [-0.05, 0) is 38.3 Å². The second kappa shape index (κ2) is 5.72. The SMILES string of the molecule is CCCNc1cc(C)nc(N2c3ccccc3CC2C)n1. The number of para-hydroxylation sites is 1. The van der Waals surface area contributed by atoms with Crippen molar-refractivity contribution in [1.29, 1.82) is 0 Å². The van der Waals surface area contributed by atoms with Gasteiger partial charge < -0.3 is 10.2 Å². The lowest BCUT2D eigenvalue weighted by atomic mass is 10.1. The summed E-state index contributed by atoms with van der Waals surface area (Å²) in [6.07, 6.45) is 2.13. The fourth-order valence-corrected chi connectivity index (χ4v) is 2.87. The van der Waals surface area contributed by atoms with Crippen molar-refractivity contribution >= 4 is 17.5 Å². The van der Waals surface area contributed by atoms with E-state index in [9.17, 15) is 0 Å². The first-order chi connectivity index (χ1) is 10.2. The van der Waals surface area contributed by atoms with E-state index in [-0.39, 0.29) is 0 Å². The number of aromatic nitrogens is 2. The number of aryl methyl sites for hydroxylation is 1. The highest BCUT2D eigenvalue weighted by atomic mass is 15.3. The number of hydrogen-bond donors (Lipinski definition) is 1. The quantitative estimate of drug-likeness (QED) is 0.928. The summed E-state index contributed by atoms with van der Waals surface area (Å²) >= 11 is 0. The molecule has 1 atom stereocenters. The van der Waals surface area contributed by atoms with Crippen LogP contribution in [0.4, 0.5) is 17.5 Å². The van der Waals surface area contributed by atoms with Gasteiger partial charge >= 0.3 is 0 Å². The Kier molecular flexibility index (Phi) is 3.78. The molecule has 0 saturated heterocycles. The van der Waals surface area contributed by atoms with E-state index in [0.29, 0.717) is 6.04 Å². The molecule has 0 spiro atoms. The topological polar surface area (TPSA) is 41.1 Å². The number of fused-ring (bicyclic) bond motifs is 1. The van der Waals surface area contributed by atoms with Crippen molar-refractivity contribution in [2.75, 3.05) is 16.8 Å². The van der Waals surface area contributed by atoms with Gasteiger partial charge in [0.15, 0.2) is 0 Å². The number of nitrogens with one attached hydrogen (secondary N) is 1. The second-order valence-corrected chi connectivity index (χ2v) is 5.67. The van der Waals surface area contributed by atoms with Crippen molar-refractivity contribution in [3.8, 4) is 0 Å². The summed E-state index contributed by atoms with van der Waals surface area (Å²) < 4.78 is 0. The van der Waals surface area contributed by atoms with Crippen LogP contribution in [-0.2, 0) is 6.42 Å². The maximum absolute atomic E-state index is 4.71. The molecule has 1 N–H and O–H groups in total. The normalized spacial score (nSPS) is 16.9. The van der Waals surface area contributed by atoms with Gasteiger partial charge in [0.2, 0.25) is 5.95 Å². The molecule has 0 aliphatic carbocycles. The van der Waals surface area contributed by atoms with Crippen molar-refractivity contribution in [2.24, 2.45) is 0 Å². The molecule has 0 fully saturated rings. The molecule has 1 aliphatic rings. The summed E-state index contributed by atoms with van der Waals surface area (Å²) in [7, 11) is 0. The van der Waals surface area contributed by atoms with E-state index < -0.39 is 0 Å². The Balaban J connectivity index is 1.98. The van der Waals surface area contributed by atoms with E-state index in [2.05, 4.69) is 53.3 Å². The second-order valence-electron chi connectivity index (χ2n) is 5.67. The van der Waals surface area contributed by atoms with Crippen LogP contribution in [0.2, 0.25) is 0 Å². The molecule has 1 aliphatic heterocycles. The standard InChI is InChI=1S/C17H22N4/c1-4-9-18-16-10-12(2)19-17(20-16)21-13(3)11-14-7-5-6-8-15(14)21/h5-8,10,13H,4,9,11H2,1-3H3,(H,18,19,20). The Morgan fingerprint density at radius 1 is 1.29 bits per heavy atom. The Bertz CT molecular complexity index is 638. The highest BCUT2D eigenvalue weighted by molar-refractivity contribution is 5.67. The lowest BCUT2D eigenvalue weighted by Gasteiger charge is -2.23. The molecule has 0 saturated carbocycles. The third-order valence-electron chi connectivity index (χ3n) is 3.82. The molecule has 2 heterocycles. The van der Waals surface area contributed by atoms with E-state index in [0.717, 1.165) is 36.8 Å². The van der Waals surface area contributed by atoms with Crippen LogP contribution in [0, 0.1) is 6.92 Å². The smallest absolute Gasteiger partial charge is 0.232 e. The van der Waals surface area contributed by atoms with E-state index in [4.69, 9.17) is 4.98 Å². The lowest BCUT2D eigenvalue weighted by molar-refractivity contribution is 0.738. The average Bonchev–Trinajstić information content (AvgIpc) is 2.80. The molecule has 0 bridgehead atoms.